The van der Waals surface area contributed by atoms with Gasteiger partial charge in [0.05, 0.1) is 6.61 Å². The highest BCUT2D eigenvalue weighted by molar-refractivity contribution is 5.74. The first kappa shape index (κ1) is 13.2. The van der Waals surface area contributed by atoms with Crippen LogP contribution in [0.1, 0.15) is 20.3 Å². The molecule has 1 aromatic heterocycles. The van der Waals surface area contributed by atoms with Crippen LogP contribution >= 0.6 is 0 Å². The van der Waals surface area contributed by atoms with Crippen LogP contribution in [0.15, 0.2) is 17.2 Å². The molecule has 0 amide bonds. The fourth-order valence-corrected chi connectivity index (χ4v) is 1.35. The van der Waals surface area contributed by atoms with Gasteiger partial charge >= 0.3 is 5.97 Å². The highest BCUT2D eigenvalue weighted by Crippen LogP contribution is 1.94. The molecule has 1 aromatic rings. The van der Waals surface area contributed by atoms with Crippen LogP contribution in [0.4, 0.5) is 5.82 Å². The van der Waals surface area contributed by atoms with Gasteiger partial charge in [0.15, 0.2) is 5.82 Å². The van der Waals surface area contributed by atoms with E-state index in [0.29, 0.717) is 13.2 Å². The standard InChI is InChI=1S/C11H17N3O3/c1-3-6-14-7-5-12-10(11(14)16)13-8-9(15)17-4-2/h5,7H,3-4,6,8H2,1-2H3,(H,12,13). The molecule has 94 valence electrons. The van der Waals surface area contributed by atoms with E-state index in [1.807, 2.05) is 6.92 Å². The van der Waals surface area contributed by atoms with Gasteiger partial charge < -0.3 is 14.6 Å². The van der Waals surface area contributed by atoms with Crippen molar-refractivity contribution < 1.29 is 9.53 Å². The number of esters is 1. The molecule has 0 aliphatic carbocycles. The fourth-order valence-electron chi connectivity index (χ4n) is 1.35. The first-order chi connectivity index (χ1) is 8.19. The number of carbonyl (C=O) groups is 1. The summed E-state index contributed by atoms with van der Waals surface area (Å²) < 4.78 is 6.30. The summed E-state index contributed by atoms with van der Waals surface area (Å²) in [7, 11) is 0. The second-order valence-electron chi connectivity index (χ2n) is 3.43. The molecule has 0 saturated carbocycles. The van der Waals surface area contributed by atoms with E-state index in [2.05, 4.69) is 10.3 Å². The Labute approximate surface area is 99.6 Å². The smallest absolute Gasteiger partial charge is 0.325 e. The maximum absolute atomic E-state index is 11.8. The Balaban J connectivity index is 2.68. The normalized spacial score (nSPS) is 10.0. The van der Waals surface area contributed by atoms with Crippen LogP contribution < -0.4 is 10.9 Å². The molecule has 0 spiro atoms. The third-order valence-corrected chi connectivity index (χ3v) is 2.08. The van der Waals surface area contributed by atoms with E-state index in [4.69, 9.17) is 4.74 Å². The summed E-state index contributed by atoms with van der Waals surface area (Å²) in [5.74, 6) is -0.228. The van der Waals surface area contributed by atoms with E-state index in [1.165, 1.54) is 6.20 Å². The second kappa shape index (κ2) is 6.67. The van der Waals surface area contributed by atoms with Crippen molar-refractivity contribution in [3.63, 3.8) is 0 Å². The molecule has 0 fully saturated rings. The molecular weight excluding hydrogens is 222 g/mol. The zero-order valence-corrected chi connectivity index (χ0v) is 10.1. The van der Waals surface area contributed by atoms with Gasteiger partial charge in [0, 0.05) is 18.9 Å². The zero-order valence-electron chi connectivity index (χ0n) is 10.1. The highest BCUT2D eigenvalue weighted by Gasteiger charge is 2.06. The monoisotopic (exact) mass is 239 g/mol. The van der Waals surface area contributed by atoms with Crippen LogP contribution in [0.2, 0.25) is 0 Å². The predicted molar refractivity (Wildman–Crippen MR) is 63.9 cm³/mol. The van der Waals surface area contributed by atoms with E-state index >= 15 is 0 Å². The molecule has 0 aliphatic heterocycles. The maximum Gasteiger partial charge on any atom is 0.325 e. The van der Waals surface area contributed by atoms with Crippen LogP contribution in [0.25, 0.3) is 0 Å². The lowest BCUT2D eigenvalue weighted by Gasteiger charge is -2.07. The van der Waals surface area contributed by atoms with Crippen molar-refractivity contribution >= 4 is 11.8 Å². The van der Waals surface area contributed by atoms with Crippen molar-refractivity contribution in [2.24, 2.45) is 0 Å². The van der Waals surface area contributed by atoms with Gasteiger partial charge in [-0.15, -0.1) is 0 Å². The third kappa shape index (κ3) is 3.90. The molecule has 0 bridgehead atoms. The van der Waals surface area contributed by atoms with E-state index in [1.54, 1.807) is 17.7 Å². The molecule has 17 heavy (non-hydrogen) atoms. The summed E-state index contributed by atoms with van der Waals surface area (Å²) in [6, 6.07) is 0. The number of nitrogens with one attached hydrogen (secondary N) is 1. The molecule has 1 heterocycles. The molecule has 0 aromatic carbocycles. The Morgan fingerprint density at radius 1 is 1.53 bits per heavy atom. The minimum atomic E-state index is -0.403. The molecule has 0 atom stereocenters. The summed E-state index contributed by atoms with van der Waals surface area (Å²) in [5.41, 5.74) is -0.223. The molecule has 1 N–H and O–H groups in total. The van der Waals surface area contributed by atoms with E-state index in [9.17, 15) is 9.59 Å². The molecule has 6 heteroatoms. The molecule has 0 radical (unpaired) electrons. The fraction of sp³-hybridized carbons (Fsp3) is 0.545. The summed E-state index contributed by atoms with van der Waals surface area (Å²) in [6.07, 6.45) is 4.02. The SMILES string of the molecule is CCCn1ccnc(NCC(=O)OCC)c1=O. The molecule has 0 aliphatic rings. The summed E-state index contributed by atoms with van der Waals surface area (Å²) in [5, 5.41) is 2.68. The first-order valence-electron chi connectivity index (χ1n) is 5.64. The van der Waals surface area contributed by atoms with Crippen molar-refractivity contribution in [2.45, 2.75) is 26.8 Å². The van der Waals surface area contributed by atoms with Crippen LogP contribution in [0, 0.1) is 0 Å². The van der Waals surface area contributed by atoms with Gasteiger partial charge in [-0.1, -0.05) is 6.92 Å². The average Bonchev–Trinajstić information content (AvgIpc) is 2.31. The number of carbonyl (C=O) groups excluding carboxylic acids is 1. The third-order valence-electron chi connectivity index (χ3n) is 2.08. The van der Waals surface area contributed by atoms with Crippen LogP contribution in [0.3, 0.4) is 0 Å². The quantitative estimate of drug-likeness (QED) is 0.737. The Hall–Kier alpha value is -1.85. The Morgan fingerprint density at radius 2 is 2.29 bits per heavy atom. The van der Waals surface area contributed by atoms with Gasteiger partial charge in [0.2, 0.25) is 0 Å². The van der Waals surface area contributed by atoms with Gasteiger partial charge in [-0.25, -0.2) is 4.98 Å². The number of nitrogens with zero attached hydrogens (tertiary/aromatic N) is 2. The second-order valence-corrected chi connectivity index (χ2v) is 3.43. The highest BCUT2D eigenvalue weighted by atomic mass is 16.5. The summed E-state index contributed by atoms with van der Waals surface area (Å²) in [6.45, 7) is 4.62. The van der Waals surface area contributed by atoms with E-state index in [-0.39, 0.29) is 17.9 Å². The number of aryl methyl sites for hydroxylation is 1. The number of hydrogen-bond donors (Lipinski definition) is 1. The minimum absolute atomic E-state index is 0.0494. The predicted octanol–water partition coefficient (Wildman–Crippen LogP) is 0.628. The van der Waals surface area contributed by atoms with Crippen molar-refractivity contribution in [2.75, 3.05) is 18.5 Å². The molecular formula is C11H17N3O3. The number of hydrogen-bond acceptors (Lipinski definition) is 5. The first-order valence-corrected chi connectivity index (χ1v) is 5.64. The number of anilines is 1. The summed E-state index contributed by atoms with van der Waals surface area (Å²) >= 11 is 0. The van der Waals surface area contributed by atoms with Crippen LogP contribution in [0.5, 0.6) is 0 Å². The van der Waals surface area contributed by atoms with Crippen LogP contribution in [-0.2, 0) is 16.1 Å². The Morgan fingerprint density at radius 3 is 2.94 bits per heavy atom. The van der Waals surface area contributed by atoms with Crippen molar-refractivity contribution in [1.82, 2.24) is 9.55 Å². The molecule has 1 rings (SSSR count). The number of ether oxygens (including phenoxy) is 1. The average molecular weight is 239 g/mol. The summed E-state index contributed by atoms with van der Waals surface area (Å²) in [4.78, 5) is 26.8. The van der Waals surface area contributed by atoms with E-state index in [0.717, 1.165) is 6.42 Å². The Kier molecular flexibility index (Phi) is 5.19. The van der Waals surface area contributed by atoms with Gasteiger partial charge in [0.25, 0.3) is 5.56 Å². The van der Waals surface area contributed by atoms with Crippen molar-refractivity contribution in [3.8, 4) is 0 Å². The zero-order chi connectivity index (χ0) is 12.7. The lowest BCUT2D eigenvalue weighted by atomic mass is 10.4. The van der Waals surface area contributed by atoms with Gasteiger partial charge in [-0.05, 0) is 13.3 Å². The Bertz CT molecular complexity index is 428. The largest absolute Gasteiger partial charge is 0.465 e. The van der Waals surface area contributed by atoms with E-state index < -0.39 is 5.97 Å². The molecule has 0 saturated heterocycles. The van der Waals surface area contributed by atoms with Gasteiger partial charge in [-0.3, -0.25) is 9.59 Å². The lowest BCUT2D eigenvalue weighted by molar-refractivity contribution is -0.140. The minimum Gasteiger partial charge on any atom is -0.465 e. The topological polar surface area (TPSA) is 73.2 Å². The van der Waals surface area contributed by atoms with Crippen LogP contribution in [-0.4, -0.2) is 28.7 Å². The number of rotatable bonds is 6. The molecule has 6 nitrogen and oxygen atoms in total. The number of aromatic nitrogens is 2. The van der Waals surface area contributed by atoms with Crippen molar-refractivity contribution in [1.29, 1.82) is 0 Å². The maximum atomic E-state index is 11.8. The molecule has 0 unspecified atom stereocenters. The van der Waals surface area contributed by atoms with Gasteiger partial charge in [-0.2, -0.15) is 0 Å². The van der Waals surface area contributed by atoms with Crippen molar-refractivity contribution in [3.05, 3.63) is 22.7 Å². The lowest BCUT2D eigenvalue weighted by Crippen LogP contribution is -2.27. The van der Waals surface area contributed by atoms with Gasteiger partial charge in [0.1, 0.15) is 6.54 Å².